The number of nitrogens with one attached hydrogen (secondary N) is 1. The van der Waals surface area contributed by atoms with Crippen LogP contribution in [0.15, 0.2) is 36.0 Å². The average Bonchev–Trinajstić information content (AvgIpc) is 2.78. The van der Waals surface area contributed by atoms with Gasteiger partial charge in [-0.15, -0.1) is 0 Å². The summed E-state index contributed by atoms with van der Waals surface area (Å²) in [7, 11) is 0. The normalized spacial score (nSPS) is 30.8. The van der Waals surface area contributed by atoms with Crippen LogP contribution in [0, 0.1) is 26.9 Å². The van der Waals surface area contributed by atoms with Crippen LogP contribution in [-0.2, 0) is 4.79 Å². The van der Waals surface area contributed by atoms with Crippen LogP contribution < -0.4 is 5.32 Å². The molecular weight excluding hydrogens is 280 g/mol. The average molecular weight is 300 g/mol. The van der Waals surface area contributed by atoms with Gasteiger partial charge in [0.25, 0.3) is 5.69 Å². The summed E-state index contributed by atoms with van der Waals surface area (Å²) in [6, 6.07) is 6.21. The molecule has 0 saturated heterocycles. The van der Waals surface area contributed by atoms with Gasteiger partial charge in [0.15, 0.2) is 5.78 Å². The first-order valence-electron chi connectivity index (χ1n) is 7.53. The highest BCUT2D eigenvalue weighted by atomic mass is 16.6. The molecule has 0 radical (unpaired) electrons. The number of non-ortho nitro benzene ring substituents is 1. The van der Waals surface area contributed by atoms with Crippen LogP contribution >= 0.6 is 0 Å². The number of ketones is 1. The van der Waals surface area contributed by atoms with Crippen LogP contribution in [0.4, 0.5) is 11.4 Å². The molecule has 2 atom stereocenters. The largest absolute Gasteiger partial charge is 0.361 e. The number of carbonyl (C=O) groups is 1. The Labute approximate surface area is 129 Å². The van der Waals surface area contributed by atoms with Crippen molar-refractivity contribution in [3.63, 3.8) is 0 Å². The van der Waals surface area contributed by atoms with Gasteiger partial charge in [0, 0.05) is 35.0 Å². The van der Waals surface area contributed by atoms with Crippen LogP contribution in [0.2, 0.25) is 0 Å². The number of rotatable bonds is 3. The Morgan fingerprint density at radius 2 is 1.91 bits per heavy atom. The number of benzene rings is 1. The highest BCUT2D eigenvalue weighted by Gasteiger charge is 2.63. The molecule has 2 aliphatic carbocycles. The molecule has 1 aromatic rings. The van der Waals surface area contributed by atoms with E-state index in [-0.39, 0.29) is 28.2 Å². The van der Waals surface area contributed by atoms with E-state index in [1.165, 1.54) is 12.1 Å². The standard InChI is InChI=1S/C17H20N2O3/c1-16(2)14-8-9-17(16,3)15(20)13(14)10-18-11-4-6-12(7-5-11)19(21)22/h4-7,10,14,18H,8-9H2,1-3H3/b13-10+/t14-,17+/m1/s1. The van der Waals surface area contributed by atoms with Crippen LogP contribution in [0.25, 0.3) is 0 Å². The summed E-state index contributed by atoms with van der Waals surface area (Å²) in [6.07, 6.45) is 3.79. The third-order valence-electron chi connectivity index (χ3n) is 5.84. The molecule has 116 valence electrons. The van der Waals surface area contributed by atoms with Gasteiger partial charge in [0.2, 0.25) is 0 Å². The molecule has 1 aromatic carbocycles. The van der Waals surface area contributed by atoms with Crippen LogP contribution in [0.3, 0.4) is 0 Å². The highest BCUT2D eigenvalue weighted by molar-refractivity contribution is 6.04. The minimum atomic E-state index is -0.426. The van der Waals surface area contributed by atoms with Gasteiger partial charge in [-0.1, -0.05) is 20.8 Å². The summed E-state index contributed by atoms with van der Waals surface area (Å²) in [5.41, 5.74) is 1.39. The van der Waals surface area contributed by atoms with Crippen molar-refractivity contribution in [2.45, 2.75) is 33.6 Å². The van der Waals surface area contributed by atoms with E-state index < -0.39 is 4.92 Å². The molecular formula is C17H20N2O3. The van der Waals surface area contributed by atoms with Gasteiger partial charge in [0.05, 0.1) is 4.92 Å². The van der Waals surface area contributed by atoms with E-state index in [0.29, 0.717) is 0 Å². The molecule has 5 heteroatoms. The molecule has 2 saturated carbocycles. The molecule has 2 fully saturated rings. The Hall–Kier alpha value is -2.17. The molecule has 0 amide bonds. The number of fused-ring (bicyclic) bond motifs is 2. The van der Waals surface area contributed by atoms with Crippen molar-refractivity contribution in [2.24, 2.45) is 16.7 Å². The molecule has 0 heterocycles. The number of carbonyl (C=O) groups excluding carboxylic acids is 1. The predicted molar refractivity (Wildman–Crippen MR) is 84.4 cm³/mol. The van der Waals surface area contributed by atoms with Crippen molar-refractivity contribution in [1.29, 1.82) is 0 Å². The number of nitro groups is 1. The molecule has 5 nitrogen and oxygen atoms in total. The first-order chi connectivity index (χ1) is 10.3. The molecule has 3 rings (SSSR count). The van der Waals surface area contributed by atoms with E-state index in [4.69, 9.17) is 0 Å². The van der Waals surface area contributed by atoms with Gasteiger partial charge >= 0.3 is 0 Å². The lowest BCUT2D eigenvalue weighted by Crippen LogP contribution is -2.32. The number of nitro benzene ring substituents is 1. The van der Waals surface area contributed by atoms with Gasteiger partial charge in [0.1, 0.15) is 0 Å². The Morgan fingerprint density at radius 3 is 2.41 bits per heavy atom. The number of hydrogen-bond donors (Lipinski definition) is 1. The van der Waals surface area contributed by atoms with Gasteiger partial charge in [-0.3, -0.25) is 14.9 Å². The van der Waals surface area contributed by atoms with E-state index in [0.717, 1.165) is 24.1 Å². The predicted octanol–water partition coefficient (Wildman–Crippen LogP) is 3.92. The van der Waals surface area contributed by atoms with Crippen molar-refractivity contribution >= 4 is 17.2 Å². The molecule has 22 heavy (non-hydrogen) atoms. The van der Waals surface area contributed by atoms with Crippen molar-refractivity contribution in [3.05, 3.63) is 46.2 Å². The van der Waals surface area contributed by atoms with Crippen LogP contribution in [-0.4, -0.2) is 10.7 Å². The smallest absolute Gasteiger partial charge is 0.269 e. The first-order valence-corrected chi connectivity index (χ1v) is 7.53. The van der Waals surface area contributed by atoms with Crippen molar-refractivity contribution in [1.82, 2.24) is 0 Å². The number of Topliss-reactive ketones (excluding diaryl/α,β-unsaturated/α-hetero) is 1. The summed E-state index contributed by atoms with van der Waals surface area (Å²) in [4.78, 5) is 22.9. The van der Waals surface area contributed by atoms with Gasteiger partial charge < -0.3 is 5.32 Å². The molecule has 0 unspecified atom stereocenters. The Kier molecular flexibility index (Phi) is 3.13. The summed E-state index contributed by atoms with van der Waals surface area (Å²) >= 11 is 0. The maximum Gasteiger partial charge on any atom is 0.269 e. The maximum absolute atomic E-state index is 12.7. The lowest BCUT2D eigenvalue weighted by atomic mass is 9.70. The second kappa shape index (κ2) is 4.66. The van der Waals surface area contributed by atoms with Gasteiger partial charge in [-0.05, 0) is 36.3 Å². The van der Waals surface area contributed by atoms with Crippen molar-refractivity contribution in [3.8, 4) is 0 Å². The van der Waals surface area contributed by atoms with E-state index in [2.05, 4.69) is 26.1 Å². The number of allylic oxidation sites excluding steroid dienone is 1. The molecule has 0 spiro atoms. The molecule has 2 aliphatic rings. The van der Waals surface area contributed by atoms with Crippen LogP contribution in [0.1, 0.15) is 33.6 Å². The first kappa shape index (κ1) is 14.8. The molecule has 0 aromatic heterocycles. The lowest BCUT2D eigenvalue weighted by molar-refractivity contribution is -0.384. The Balaban J connectivity index is 1.82. The fourth-order valence-electron chi connectivity index (χ4n) is 3.93. The summed E-state index contributed by atoms with van der Waals surface area (Å²) in [5, 5.41) is 13.8. The zero-order valence-corrected chi connectivity index (χ0v) is 13.1. The highest BCUT2D eigenvalue weighted by Crippen LogP contribution is 2.65. The number of hydrogen-bond acceptors (Lipinski definition) is 4. The summed E-state index contributed by atoms with van der Waals surface area (Å²) in [6.45, 7) is 6.42. The Bertz CT molecular complexity index is 676. The number of nitrogens with zero attached hydrogens (tertiary/aromatic N) is 1. The fourth-order valence-corrected chi connectivity index (χ4v) is 3.93. The van der Waals surface area contributed by atoms with E-state index in [1.54, 1.807) is 18.3 Å². The second-order valence-electron chi connectivity index (χ2n) is 7.02. The summed E-state index contributed by atoms with van der Waals surface area (Å²) < 4.78 is 0. The zero-order valence-electron chi connectivity index (χ0n) is 13.1. The SMILES string of the molecule is CC1(C)[C@@H]2CC[C@@]1(C)C(=O)/C2=C/Nc1ccc([N+](=O)[O-])cc1. The minimum Gasteiger partial charge on any atom is -0.361 e. The lowest BCUT2D eigenvalue weighted by Gasteiger charge is -2.31. The van der Waals surface area contributed by atoms with Crippen molar-refractivity contribution < 1.29 is 9.72 Å². The Morgan fingerprint density at radius 1 is 1.27 bits per heavy atom. The van der Waals surface area contributed by atoms with E-state index in [9.17, 15) is 14.9 Å². The van der Waals surface area contributed by atoms with Gasteiger partial charge in [-0.25, -0.2) is 0 Å². The third-order valence-corrected chi connectivity index (χ3v) is 5.84. The van der Waals surface area contributed by atoms with Gasteiger partial charge in [-0.2, -0.15) is 0 Å². The summed E-state index contributed by atoms with van der Waals surface area (Å²) in [5.74, 6) is 0.527. The number of anilines is 1. The van der Waals surface area contributed by atoms with Crippen molar-refractivity contribution in [2.75, 3.05) is 5.32 Å². The van der Waals surface area contributed by atoms with E-state index >= 15 is 0 Å². The molecule has 2 bridgehead atoms. The zero-order chi connectivity index (χ0) is 16.1. The third kappa shape index (κ3) is 1.88. The monoisotopic (exact) mass is 300 g/mol. The minimum absolute atomic E-state index is 0.00687. The maximum atomic E-state index is 12.7. The second-order valence-corrected chi connectivity index (χ2v) is 7.02. The molecule has 0 aliphatic heterocycles. The quantitative estimate of drug-likeness (QED) is 0.522. The topological polar surface area (TPSA) is 72.2 Å². The van der Waals surface area contributed by atoms with E-state index in [1.807, 2.05) is 0 Å². The van der Waals surface area contributed by atoms with Crippen LogP contribution in [0.5, 0.6) is 0 Å². The fraction of sp³-hybridized carbons (Fsp3) is 0.471. The molecule has 1 N–H and O–H groups in total.